The van der Waals surface area contributed by atoms with Crippen LogP contribution in [-0.4, -0.2) is 0 Å². The van der Waals surface area contributed by atoms with Crippen LogP contribution in [0.25, 0.3) is 6.08 Å². The molecule has 1 unspecified atom stereocenters. The molecule has 2 aromatic carbocycles. The Hall–Kier alpha value is -1.34. The van der Waals surface area contributed by atoms with Crippen LogP contribution in [0.5, 0.6) is 0 Å². The van der Waals surface area contributed by atoms with Crippen LogP contribution in [-0.2, 0) is 6.42 Å². The zero-order chi connectivity index (χ0) is 14.8. The Kier molecular flexibility index (Phi) is 4.30. The van der Waals surface area contributed by atoms with Gasteiger partial charge >= 0.3 is 0 Å². The van der Waals surface area contributed by atoms with Crippen molar-refractivity contribution in [3.8, 4) is 0 Å². The highest BCUT2D eigenvalue weighted by Gasteiger charge is 2.25. The minimum Gasteiger partial charge on any atom is -0.0654 e. The highest BCUT2D eigenvalue weighted by atomic mass is 79.9. The normalized spacial score (nSPS) is 16.7. The van der Waals surface area contributed by atoms with Crippen LogP contribution in [0.2, 0.25) is 0 Å². The van der Waals surface area contributed by atoms with E-state index in [4.69, 9.17) is 0 Å². The van der Waals surface area contributed by atoms with Crippen LogP contribution in [0.15, 0.2) is 52.5 Å². The molecule has 0 heterocycles. The molecule has 0 aliphatic heterocycles. The van der Waals surface area contributed by atoms with Crippen LogP contribution in [0.4, 0.5) is 0 Å². The van der Waals surface area contributed by atoms with E-state index in [1.54, 1.807) is 0 Å². The number of allylic oxidation sites excluding steroid dienone is 1. The van der Waals surface area contributed by atoms with Crippen LogP contribution >= 0.6 is 15.9 Å². The van der Waals surface area contributed by atoms with Gasteiger partial charge in [-0.15, -0.1) is 0 Å². The van der Waals surface area contributed by atoms with Gasteiger partial charge in [-0.2, -0.15) is 0 Å². The van der Waals surface area contributed by atoms with Gasteiger partial charge in [-0.05, 0) is 48.1 Å². The SMILES string of the molecule is CCCCc1ccc(C2C(C)=Cc3cccc(Br)c32)cc1. The second kappa shape index (κ2) is 6.19. The zero-order valence-corrected chi connectivity index (χ0v) is 14.3. The third-order valence-corrected chi connectivity index (χ3v) is 5.04. The highest BCUT2D eigenvalue weighted by molar-refractivity contribution is 9.10. The van der Waals surface area contributed by atoms with Crippen molar-refractivity contribution in [3.63, 3.8) is 0 Å². The van der Waals surface area contributed by atoms with Gasteiger partial charge in [0.15, 0.2) is 0 Å². The quantitative estimate of drug-likeness (QED) is 0.609. The van der Waals surface area contributed by atoms with E-state index >= 15 is 0 Å². The van der Waals surface area contributed by atoms with E-state index in [9.17, 15) is 0 Å². The molecular weight excluding hydrogens is 320 g/mol. The average Bonchev–Trinajstić information content (AvgIpc) is 2.83. The number of fused-ring (bicyclic) bond motifs is 1. The number of hydrogen-bond acceptors (Lipinski definition) is 0. The highest BCUT2D eigenvalue weighted by Crippen LogP contribution is 2.44. The predicted molar refractivity (Wildman–Crippen MR) is 94.7 cm³/mol. The monoisotopic (exact) mass is 340 g/mol. The average molecular weight is 341 g/mol. The van der Waals surface area contributed by atoms with E-state index in [0.717, 1.165) is 0 Å². The summed E-state index contributed by atoms with van der Waals surface area (Å²) in [5, 5.41) is 0. The molecule has 0 spiro atoms. The molecular formula is C20H21Br. The van der Waals surface area contributed by atoms with Crippen molar-refractivity contribution < 1.29 is 0 Å². The van der Waals surface area contributed by atoms with Crippen molar-refractivity contribution in [2.75, 3.05) is 0 Å². The summed E-state index contributed by atoms with van der Waals surface area (Å²) in [4.78, 5) is 0. The number of benzene rings is 2. The molecule has 0 saturated heterocycles. The molecule has 1 atom stereocenters. The Morgan fingerprint density at radius 3 is 2.52 bits per heavy atom. The molecule has 108 valence electrons. The van der Waals surface area contributed by atoms with Crippen molar-refractivity contribution >= 4 is 22.0 Å². The third kappa shape index (κ3) is 2.85. The lowest BCUT2D eigenvalue weighted by Crippen LogP contribution is -2.01. The van der Waals surface area contributed by atoms with Gasteiger partial charge in [0, 0.05) is 10.4 Å². The number of halogens is 1. The van der Waals surface area contributed by atoms with Crippen LogP contribution in [0, 0.1) is 0 Å². The van der Waals surface area contributed by atoms with Crippen LogP contribution < -0.4 is 0 Å². The molecule has 1 heteroatoms. The maximum atomic E-state index is 3.73. The van der Waals surface area contributed by atoms with Gasteiger partial charge in [-0.25, -0.2) is 0 Å². The third-order valence-electron chi connectivity index (χ3n) is 4.35. The minimum atomic E-state index is 0.399. The fourth-order valence-electron chi connectivity index (χ4n) is 3.23. The Morgan fingerprint density at radius 2 is 1.81 bits per heavy atom. The molecule has 0 amide bonds. The molecule has 0 nitrogen and oxygen atoms in total. The standard InChI is InChI=1S/C20H21Br/c1-3-4-6-15-9-11-16(12-10-15)19-14(2)13-17-7-5-8-18(21)20(17)19/h5,7-13,19H,3-4,6H2,1-2H3. The first-order valence-electron chi connectivity index (χ1n) is 7.76. The van der Waals surface area contributed by atoms with Crippen molar-refractivity contribution in [1.82, 2.24) is 0 Å². The summed E-state index contributed by atoms with van der Waals surface area (Å²) in [5.41, 5.74) is 7.04. The molecule has 1 aliphatic carbocycles. The number of aryl methyl sites for hydroxylation is 1. The summed E-state index contributed by atoms with van der Waals surface area (Å²) in [7, 11) is 0. The van der Waals surface area contributed by atoms with Gasteiger partial charge < -0.3 is 0 Å². The maximum absolute atomic E-state index is 3.73. The predicted octanol–water partition coefficient (Wildman–Crippen LogP) is 6.34. The number of rotatable bonds is 4. The minimum absolute atomic E-state index is 0.399. The summed E-state index contributed by atoms with van der Waals surface area (Å²) >= 11 is 3.73. The fourth-order valence-corrected chi connectivity index (χ4v) is 3.84. The lowest BCUT2D eigenvalue weighted by Gasteiger charge is -2.17. The fraction of sp³-hybridized carbons (Fsp3) is 0.300. The van der Waals surface area contributed by atoms with E-state index in [1.807, 2.05) is 0 Å². The van der Waals surface area contributed by atoms with E-state index in [0.29, 0.717) is 5.92 Å². The first kappa shape index (κ1) is 14.6. The molecule has 0 N–H and O–H groups in total. The molecule has 0 bridgehead atoms. The summed E-state index contributed by atoms with van der Waals surface area (Å²) in [6, 6.07) is 15.7. The lowest BCUT2D eigenvalue weighted by atomic mass is 9.88. The van der Waals surface area contributed by atoms with Crippen LogP contribution in [0.1, 0.15) is 54.9 Å². The van der Waals surface area contributed by atoms with E-state index in [-0.39, 0.29) is 0 Å². The first-order chi connectivity index (χ1) is 10.2. The molecule has 3 rings (SSSR count). The molecule has 0 fully saturated rings. The van der Waals surface area contributed by atoms with Crippen molar-refractivity contribution in [2.24, 2.45) is 0 Å². The van der Waals surface area contributed by atoms with Gasteiger partial charge in [0.25, 0.3) is 0 Å². The van der Waals surface area contributed by atoms with Crippen molar-refractivity contribution in [3.05, 3.63) is 74.8 Å². The van der Waals surface area contributed by atoms with E-state index < -0.39 is 0 Å². The number of hydrogen-bond donors (Lipinski definition) is 0. The molecule has 21 heavy (non-hydrogen) atoms. The Labute approximate surface area is 136 Å². The van der Waals surface area contributed by atoms with E-state index in [2.05, 4.69) is 78.3 Å². The van der Waals surface area contributed by atoms with Gasteiger partial charge in [-0.3, -0.25) is 0 Å². The summed E-state index contributed by atoms with van der Waals surface area (Å²) in [6.07, 6.45) is 6.04. The largest absolute Gasteiger partial charge is 0.0654 e. The van der Waals surface area contributed by atoms with Gasteiger partial charge in [0.1, 0.15) is 0 Å². The zero-order valence-electron chi connectivity index (χ0n) is 12.7. The van der Waals surface area contributed by atoms with Crippen molar-refractivity contribution in [2.45, 2.75) is 39.0 Å². The van der Waals surface area contributed by atoms with E-state index in [1.165, 1.54) is 51.6 Å². The Balaban J connectivity index is 1.93. The molecule has 0 aromatic heterocycles. The topological polar surface area (TPSA) is 0 Å². The summed E-state index contributed by atoms with van der Waals surface area (Å²) < 4.78 is 1.22. The summed E-state index contributed by atoms with van der Waals surface area (Å²) in [5.74, 6) is 0.399. The van der Waals surface area contributed by atoms with Gasteiger partial charge in [0.05, 0.1) is 0 Å². The lowest BCUT2D eigenvalue weighted by molar-refractivity contribution is 0.794. The summed E-state index contributed by atoms with van der Waals surface area (Å²) in [6.45, 7) is 4.48. The molecule has 0 radical (unpaired) electrons. The van der Waals surface area contributed by atoms with Crippen molar-refractivity contribution in [1.29, 1.82) is 0 Å². The Bertz CT molecular complexity index is 665. The van der Waals surface area contributed by atoms with Gasteiger partial charge in [-0.1, -0.05) is 77.3 Å². The van der Waals surface area contributed by atoms with Gasteiger partial charge in [0.2, 0.25) is 0 Å². The first-order valence-corrected chi connectivity index (χ1v) is 8.55. The Morgan fingerprint density at radius 1 is 1.05 bits per heavy atom. The van der Waals surface area contributed by atoms with Crippen LogP contribution in [0.3, 0.4) is 0 Å². The second-order valence-corrected chi connectivity index (χ2v) is 6.76. The molecule has 0 saturated carbocycles. The second-order valence-electron chi connectivity index (χ2n) is 5.91. The molecule has 2 aromatic rings. The maximum Gasteiger partial charge on any atom is 0.0316 e. The smallest absolute Gasteiger partial charge is 0.0316 e. The number of unbranched alkanes of at least 4 members (excludes halogenated alkanes) is 1. The molecule has 1 aliphatic rings.